The van der Waals surface area contributed by atoms with Crippen LogP contribution in [0.4, 0.5) is 5.69 Å². The van der Waals surface area contributed by atoms with E-state index in [4.69, 9.17) is 5.73 Å². The van der Waals surface area contributed by atoms with Gasteiger partial charge in [0.1, 0.15) is 0 Å². The molecule has 0 radical (unpaired) electrons. The molecule has 0 spiro atoms. The van der Waals surface area contributed by atoms with Crippen LogP contribution in [0.1, 0.15) is 18.4 Å². The van der Waals surface area contributed by atoms with Gasteiger partial charge in [-0.15, -0.1) is 0 Å². The zero-order valence-corrected chi connectivity index (χ0v) is 10.6. The molecule has 0 aromatic heterocycles. The Bertz CT molecular complexity index is 485. The van der Waals surface area contributed by atoms with Gasteiger partial charge in [0, 0.05) is 18.8 Å². The standard InChI is InChI=1S/C12H18N2O2S/c13-12-6-2-1-5-11(12)7-9-14-8-3-4-10-17(14,15)16/h1-2,5-6H,3-4,7-10,13H2. The van der Waals surface area contributed by atoms with Gasteiger partial charge in [0.25, 0.3) is 0 Å². The number of para-hydroxylation sites is 1. The quantitative estimate of drug-likeness (QED) is 0.825. The van der Waals surface area contributed by atoms with Gasteiger partial charge >= 0.3 is 0 Å². The molecule has 1 aliphatic heterocycles. The lowest BCUT2D eigenvalue weighted by Crippen LogP contribution is -2.39. The topological polar surface area (TPSA) is 63.4 Å². The molecule has 2 N–H and O–H groups in total. The number of nitrogens with two attached hydrogens (primary N) is 1. The zero-order valence-electron chi connectivity index (χ0n) is 9.80. The second-order valence-electron chi connectivity index (χ2n) is 4.37. The molecule has 1 heterocycles. The smallest absolute Gasteiger partial charge is 0.214 e. The van der Waals surface area contributed by atoms with Crippen molar-refractivity contribution in [3.8, 4) is 0 Å². The van der Waals surface area contributed by atoms with Crippen molar-refractivity contribution >= 4 is 15.7 Å². The minimum atomic E-state index is -3.01. The number of benzene rings is 1. The van der Waals surface area contributed by atoms with Crippen molar-refractivity contribution in [1.29, 1.82) is 0 Å². The first-order chi connectivity index (χ1) is 8.09. The normalized spacial score (nSPS) is 20.2. The summed E-state index contributed by atoms with van der Waals surface area (Å²) in [4.78, 5) is 0. The van der Waals surface area contributed by atoms with Crippen LogP contribution in [-0.4, -0.2) is 31.6 Å². The maximum atomic E-state index is 11.8. The van der Waals surface area contributed by atoms with Crippen molar-refractivity contribution in [2.75, 3.05) is 24.6 Å². The van der Waals surface area contributed by atoms with E-state index in [2.05, 4.69) is 0 Å². The zero-order chi connectivity index (χ0) is 12.3. The van der Waals surface area contributed by atoms with Gasteiger partial charge in [-0.2, -0.15) is 0 Å². The van der Waals surface area contributed by atoms with Crippen LogP contribution < -0.4 is 5.73 Å². The molecular formula is C12H18N2O2S. The van der Waals surface area contributed by atoms with E-state index in [1.54, 1.807) is 4.31 Å². The number of anilines is 1. The molecule has 1 fully saturated rings. The first-order valence-corrected chi connectivity index (χ1v) is 7.52. The minimum absolute atomic E-state index is 0.289. The highest BCUT2D eigenvalue weighted by Crippen LogP contribution is 2.16. The molecule has 1 aliphatic rings. The van der Waals surface area contributed by atoms with Crippen molar-refractivity contribution in [3.63, 3.8) is 0 Å². The largest absolute Gasteiger partial charge is 0.399 e. The lowest BCUT2D eigenvalue weighted by Gasteiger charge is -2.26. The number of sulfonamides is 1. The number of nitrogens with zero attached hydrogens (tertiary/aromatic N) is 1. The summed E-state index contributed by atoms with van der Waals surface area (Å²) in [5.74, 6) is 0.289. The number of rotatable bonds is 3. The fraction of sp³-hybridized carbons (Fsp3) is 0.500. The average Bonchev–Trinajstić information content (AvgIpc) is 2.29. The Hall–Kier alpha value is -1.07. The van der Waals surface area contributed by atoms with Gasteiger partial charge in [-0.1, -0.05) is 18.2 Å². The highest BCUT2D eigenvalue weighted by atomic mass is 32.2. The Morgan fingerprint density at radius 1 is 1.24 bits per heavy atom. The number of nitrogen functional groups attached to an aromatic ring is 1. The van der Waals surface area contributed by atoms with Crippen LogP contribution in [0.2, 0.25) is 0 Å². The Morgan fingerprint density at radius 2 is 2.00 bits per heavy atom. The van der Waals surface area contributed by atoms with Crippen molar-refractivity contribution in [3.05, 3.63) is 29.8 Å². The summed E-state index contributed by atoms with van der Waals surface area (Å²) in [5.41, 5.74) is 7.60. The molecule has 0 bridgehead atoms. The van der Waals surface area contributed by atoms with E-state index in [-0.39, 0.29) is 5.75 Å². The second-order valence-corrected chi connectivity index (χ2v) is 6.46. The van der Waals surface area contributed by atoms with E-state index in [9.17, 15) is 8.42 Å². The summed E-state index contributed by atoms with van der Waals surface area (Å²) in [6, 6.07) is 7.61. The van der Waals surface area contributed by atoms with Crippen molar-refractivity contribution < 1.29 is 8.42 Å². The maximum Gasteiger partial charge on any atom is 0.214 e. The van der Waals surface area contributed by atoms with Crippen LogP contribution in [0.5, 0.6) is 0 Å². The van der Waals surface area contributed by atoms with Crippen molar-refractivity contribution in [1.82, 2.24) is 4.31 Å². The van der Waals surface area contributed by atoms with Gasteiger partial charge in [0.2, 0.25) is 10.0 Å². The number of hydrogen-bond acceptors (Lipinski definition) is 3. The van der Waals surface area contributed by atoms with E-state index < -0.39 is 10.0 Å². The third-order valence-corrected chi connectivity index (χ3v) is 5.10. The molecule has 0 aliphatic carbocycles. The summed E-state index contributed by atoms with van der Waals surface area (Å²) in [5, 5.41) is 0. The highest BCUT2D eigenvalue weighted by molar-refractivity contribution is 7.89. The fourth-order valence-electron chi connectivity index (χ4n) is 2.10. The van der Waals surface area contributed by atoms with Gasteiger partial charge in [-0.05, 0) is 30.9 Å². The molecular weight excluding hydrogens is 236 g/mol. The third kappa shape index (κ3) is 2.98. The van der Waals surface area contributed by atoms with Crippen molar-refractivity contribution in [2.24, 2.45) is 0 Å². The first kappa shape index (κ1) is 12.4. The lowest BCUT2D eigenvalue weighted by molar-refractivity contribution is 0.386. The van der Waals surface area contributed by atoms with Crippen LogP contribution in [0, 0.1) is 0 Å². The lowest BCUT2D eigenvalue weighted by atomic mass is 10.1. The van der Waals surface area contributed by atoms with E-state index in [1.807, 2.05) is 24.3 Å². The van der Waals surface area contributed by atoms with E-state index >= 15 is 0 Å². The van der Waals surface area contributed by atoms with Gasteiger partial charge < -0.3 is 5.73 Å². The third-order valence-electron chi connectivity index (χ3n) is 3.14. The van der Waals surface area contributed by atoms with Gasteiger partial charge in [0.15, 0.2) is 0 Å². The Labute approximate surface area is 102 Å². The van der Waals surface area contributed by atoms with Crippen LogP contribution in [0.3, 0.4) is 0 Å². The first-order valence-electron chi connectivity index (χ1n) is 5.91. The van der Waals surface area contributed by atoms with Crippen LogP contribution >= 0.6 is 0 Å². The average molecular weight is 254 g/mol. The Balaban J connectivity index is 2.01. The molecule has 0 amide bonds. The monoisotopic (exact) mass is 254 g/mol. The van der Waals surface area contributed by atoms with E-state index in [1.165, 1.54) is 0 Å². The van der Waals surface area contributed by atoms with Gasteiger partial charge in [-0.3, -0.25) is 0 Å². The Morgan fingerprint density at radius 3 is 2.71 bits per heavy atom. The molecule has 94 valence electrons. The molecule has 5 heteroatoms. The second kappa shape index (κ2) is 5.06. The highest BCUT2D eigenvalue weighted by Gasteiger charge is 2.25. The molecule has 1 aromatic rings. The minimum Gasteiger partial charge on any atom is -0.399 e. The summed E-state index contributed by atoms with van der Waals surface area (Å²) in [6.45, 7) is 1.19. The molecule has 4 nitrogen and oxygen atoms in total. The summed E-state index contributed by atoms with van der Waals surface area (Å²) in [6.07, 6.45) is 2.43. The SMILES string of the molecule is Nc1ccccc1CCN1CCCCS1(=O)=O. The fourth-order valence-corrected chi connectivity index (χ4v) is 3.70. The summed E-state index contributed by atoms with van der Waals surface area (Å²) in [7, 11) is -3.01. The predicted molar refractivity (Wildman–Crippen MR) is 69.2 cm³/mol. The Kier molecular flexibility index (Phi) is 3.69. The van der Waals surface area contributed by atoms with Crippen molar-refractivity contribution in [2.45, 2.75) is 19.3 Å². The maximum absolute atomic E-state index is 11.8. The van der Waals surface area contributed by atoms with E-state index in [0.717, 1.165) is 24.1 Å². The molecule has 1 saturated heterocycles. The number of hydrogen-bond donors (Lipinski definition) is 1. The van der Waals surface area contributed by atoms with Gasteiger partial charge in [0.05, 0.1) is 5.75 Å². The molecule has 0 atom stereocenters. The van der Waals surface area contributed by atoms with E-state index in [0.29, 0.717) is 19.5 Å². The van der Waals surface area contributed by atoms with Crippen LogP contribution in [0.25, 0.3) is 0 Å². The molecule has 0 saturated carbocycles. The summed E-state index contributed by atoms with van der Waals surface area (Å²) < 4.78 is 25.2. The predicted octanol–water partition coefficient (Wildman–Crippen LogP) is 1.24. The molecule has 1 aromatic carbocycles. The molecule has 17 heavy (non-hydrogen) atoms. The van der Waals surface area contributed by atoms with Crippen LogP contribution in [0.15, 0.2) is 24.3 Å². The molecule has 0 unspecified atom stereocenters. The van der Waals surface area contributed by atoms with Gasteiger partial charge in [-0.25, -0.2) is 12.7 Å². The molecule has 2 rings (SSSR count). The van der Waals surface area contributed by atoms with Crippen LogP contribution in [-0.2, 0) is 16.4 Å². The summed E-state index contributed by atoms with van der Waals surface area (Å²) >= 11 is 0.